The monoisotopic (exact) mass is 254 g/mol. The summed E-state index contributed by atoms with van der Waals surface area (Å²) in [5.41, 5.74) is -0.238. The molecule has 0 amide bonds. The summed E-state index contributed by atoms with van der Waals surface area (Å²) in [7, 11) is -1.92. The van der Waals surface area contributed by atoms with Crippen LogP contribution in [-0.4, -0.2) is 75.7 Å². The van der Waals surface area contributed by atoms with Crippen LogP contribution in [0.25, 0.3) is 0 Å². The third kappa shape index (κ3) is 6.84. The Morgan fingerprint density at radius 1 is 0.733 bits per heavy atom. The van der Waals surface area contributed by atoms with Crippen molar-refractivity contribution in [3.63, 3.8) is 0 Å². The smallest absolute Gasteiger partial charge is 0.0834 e. The molecule has 0 bridgehead atoms. The molecule has 0 spiro atoms. The summed E-state index contributed by atoms with van der Waals surface area (Å²) in [5, 5.41) is 19.2. The van der Waals surface area contributed by atoms with E-state index in [9.17, 15) is 10.2 Å². The minimum atomic E-state index is -0.959. The van der Waals surface area contributed by atoms with Crippen molar-refractivity contribution in [3.05, 3.63) is 0 Å². The number of aliphatic hydroxyl groups is 2. The summed E-state index contributed by atoms with van der Waals surface area (Å²) in [6, 6.07) is 0. The molecular formula is C11H28O2P2+2. The topological polar surface area (TPSA) is 40.5 Å². The fourth-order valence-electron chi connectivity index (χ4n) is 2.31. The largest absolute Gasteiger partial charge is 0.395 e. The Labute approximate surface area is 96.1 Å². The summed E-state index contributed by atoms with van der Waals surface area (Å²) < 4.78 is 0. The fraction of sp³-hybridized carbons (Fsp3) is 1.00. The second kappa shape index (κ2) is 5.41. The van der Waals surface area contributed by atoms with Crippen LogP contribution in [-0.2, 0) is 0 Å². The highest BCUT2D eigenvalue weighted by Gasteiger charge is 2.43. The third-order valence-corrected chi connectivity index (χ3v) is 5.53. The first kappa shape index (κ1) is 15.8. The molecule has 2 N–H and O–H groups in total. The molecule has 15 heavy (non-hydrogen) atoms. The Bertz CT molecular complexity index is 170. The van der Waals surface area contributed by atoms with Crippen molar-refractivity contribution < 1.29 is 10.2 Å². The van der Waals surface area contributed by atoms with E-state index in [1.807, 2.05) is 0 Å². The number of aliphatic hydroxyl groups excluding tert-OH is 2. The van der Waals surface area contributed by atoms with Crippen molar-refractivity contribution >= 4 is 14.5 Å². The van der Waals surface area contributed by atoms with Crippen LogP contribution < -0.4 is 0 Å². The molecule has 0 rings (SSSR count). The lowest BCUT2D eigenvalue weighted by Gasteiger charge is -2.33. The summed E-state index contributed by atoms with van der Waals surface area (Å²) >= 11 is 0. The number of hydrogen-bond donors (Lipinski definition) is 2. The van der Waals surface area contributed by atoms with Gasteiger partial charge in [0.15, 0.2) is 0 Å². The predicted octanol–water partition coefficient (Wildman–Crippen LogP) is 1.77. The molecule has 0 fully saturated rings. The van der Waals surface area contributed by atoms with Gasteiger partial charge in [0.2, 0.25) is 0 Å². The van der Waals surface area contributed by atoms with Gasteiger partial charge in [0.05, 0.1) is 31.0 Å². The van der Waals surface area contributed by atoms with E-state index in [0.29, 0.717) is 0 Å². The van der Waals surface area contributed by atoms with Crippen molar-refractivity contribution in [2.75, 3.05) is 65.5 Å². The van der Waals surface area contributed by atoms with E-state index in [-0.39, 0.29) is 18.6 Å². The van der Waals surface area contributed by atoms with E-state index in [4.69, 9.17) is 0 Å². The predicted molar refractivity (Wildman–Crippen MR) is 75.7 cm³/mol. The second-order valence-electron chi connectivity index (χ2n) is 6.71. The van der Waals surface area contributed by atoms with E-state index in [1.165, 1.54) is 0 Å². The van der Waals surface area contributed by atoms with E-state index in [0.717, 1.165) is 12.3 Å². The van der Waals surface area contributed by atoms with Gasteiger partial charge in [-0.05, 0) is 0 Å². The van der Waals surface area contributed by atoms with Gasteiger partial charge in [-0.25, -0.2) is 0 Å². The van der Waals surface area contributed by atoms with Crippen molar-refractivity contribution in [1.82, 2.24) is 0 Å². The van der Waals surface area contributed by atoms with Crippen LogP contribution >= 0.6 is 14.5 Å². The first-order valence-corrected chi connectivity index (χ1v) is 12.0. The Balaban J connectivity index is 4.74. The van der Waals surface area contributed by atoms with Gasteiger partial charge < -0.3 is 10.2 Å². The zero-order valence-electron chi connectivity index (χ0n) is 11.1. The van der Waals surface area contributed by atoms with Crippen molar-refractivity contribution in [2.45, 2.75) is 0 Å². The summed E-state index contributed by atoms with van der Waals surface area (Å²) in [6.07, 6.45) is 1.98. The fourth-order valence-corrected chi connectivity index (χ4v) is 7.14. The highest BCUT2D eigenvalue weighted by molar-refractivity contribution is 7.74. The maximum atomic E-state index is 9.58. The molecule has 0 aliphatic carbocycles. The first-order valence-electron chi connectivity index (χ1n) is 5.36. The van der Waals surface area contributed by atoms with Gasteiger partial charge in [-0.3, -0.25) is 0 Å². The Morgan fingerprint density at radius 3 is 1.13 bits per heavy atom. The van der Waals surface area contributed by atoms with Gasteiger partial charge in [-0.2, -0.15) is 0 Å². The molecule has 0 atom stereocenters. The second-order valence-corrected chi connectivity index (χ2v) is 16.5. The summed E-state index contributed by atoms with van der Waals surface area (Å²) in [4.78, 5) is 0. The maximum Gasteiger partial charge on any atom is 0.0834 e. The normalized spacial score (nSPS) is 14.4. The van der Waals surface area contributed by atoms with Gasteiger partial charge in [-0.15, -0.1) is 0 Å². The lowest BCUT2D eigenvalue weighted by atomic mass is 9.96. The molecule has 0 radical (unpaired) electrons. The Morgan fingerprint density at radius 2 is 1.00 bits per heavy atom. The number of rotatable bonds is 6. The molecule has 0 unspecified atom stereocenters. The van der Waals surface area contributed by atoms with Gasteiger partial charge in [0.1, 0.15) is 0 Å². The van der Waals surface area contributed by atoms with Gasteiger partial charge in [0, 0.05) is 54.5 Å². The van der Waals surface area contributed by atoms with Crippen LogP contribution in [0.5, 0.6) is 0 Å². The standard InChI is InChI=1S/C11H28O2P2/c1-14(2,3)9-11(7-12,8-13)10-15(4,5)6/h12-13H,7-10H2,1-6H3/q+2. The van der Waals surface area contributed by atoms with Crippen molar-refractivity contribution in [2.24, 2.45) is 5.41 Å². The molecular weight excluding hydrogens is 226 g/mol. The third-order valence-electron chi connectivity index (χ3n) is 2.29. The molecule has 4 heteroatoms. The quantitative estimate of drug-likeness (QED) is 0.709. The highest BCUT2D eigenvalue weighted by Crippen LogP contribution is 2.57. The lowest BCUT2D eigenvalue weighted by Crippen LogP contribution is -2.38. The molecule has 0 aromatic carbocycles. The van der Waals surface area contributed by atoms with Crippen LogP contribution in [0.1, 0.15) is 0 Å². The maximum absolute atomic E-state index is 9.58. The molecule has 0 heterocycles. The van der Waals surface area contributed by atoms with Crippen LogP contribution in [0.15, 0.2) is 0 Å². The molecule has 92 valence electrons. The minimum absolute atomic E-state index is 0.123. The molecule has 2 nitrogen and oxygen atoms in total. The van der Waals surface area contributed by atoms with Gasteiger partial charge >= 0.3 is 0 Å². The van der Waals surface area contributed by atoms with Crippen molar-refractivity contribution in [3.8, 4) is 0 Å². The van der Waals surface area contributed by atoms with E-state index < -0.39 is 14.5 Å². The van der Waals surface area contributed by atoms with E-state index in [2.05, 4.69) is 40.0 Å². The minimum Gasteiger partial charge on any atom is -0.395 e. The molecule has 0 aliphatic rings. The highest BCUT2D eigenvalue weighted by atomic mass is 31.2. The van der Waals surface area contributed by atoms with Crippen LogP contribution in [0.4, 0.5) is 0 Å². The molecule has 0 aromatic rings. The van der Waals surface area contributed by atoms with Crippen LogP contribution in [0, 0.1) is 5.41 Å². The Hall–Kier alpha value is 0.780. The van der Waals surface area contributed by atoms with Crippen LogP contribution in [0.3, 0.4) is 0 Å². The first-order chi connectivity index (χ1) is 6.54. The average Bonchev–Trinajstić information content (AvgIpc) is 1.98. The lowest BCUT2D eigenvalue weighted by molar-refractivity contribution is 0.0910. The summed E-state index contributed by atoms with van der Waals surface area (Å²) in [6.45, 7) is 13.9. The van der Waals surface area contributed by atoms with Crippen molar-refractivity contribution in [1.29, 1.82) is 0 Å². The van der Waals surface area contributed by atoms with Gasteiger partial charge in [-0.1, -0.05) is 0 Å². The SMILES string of the molecule is C[P+](C)(C)CC(CO)(CO)C[P+](C)(C)C. The van der Waals surface area contributed by atoms with E-state index >= 15 is 0 Å². The van der Waals surface area contributed by atoms with Gasteiger partial charge in [0.25, 0.3) is 0 Å². The zero-order valence-corrected chi connectivity index (χ0v) is 12.9. The zero-order chi connectivity index (χ0) is 12.3. The number of hydrogen-bond acceptors (Lipinski definition) is 2. The Kier molecular flexibility index (Phi) is 5.69. The molecule has 0 aliphatic heterocycles. The average molecular weight is 254 g/mol. The molecule has 0 saturated heterocycles. The summed E-state index contributed by atoms with van der Waals surface area (Å²) in [5.74, 6) is 0. The molecule has 0 saturated carbocycles. The van der Waals surface area contributed by atoms with Crippen LogP contribution in [0.2, 0.25) is 0 Å². The van der Waals surface area contributed by atoms with E-state index in [1.54, 1.807) is 0 Å². The molecule has 0 aromatic heterocycles.